The molecule has 0 aliphatic rings. The molecule has 17 heavy (non-hydrogen) atoms. The SMILES string of the molecule is CS(=O)CCCNCc1nc(C(C)(C)C)cs1. The van der Waals surface area contributed by atoms with Crippen LogP contribution in [0.2, 0.25) is 0 Å². The van der Waals surface area contributed by atoms with Crippen molar-refractivity contribution in [1.82, 2.24) is 10.3 Å². The number of nitrogens with one attached hydrogen (secondary N) is 1. The maximum Gasteiger partial charge on any atom is 0.107 e. The van der Waals surface area contributed by atoms with Crippen molar-refractivity contribution in [3.63, 3.8) is 0 Å². The van der Waals surface area contributed by atoms with Gasteiger partial charge in [-0.15, -0.1) is 11.3 Å². The fourth-order valence-electron chi connectivity index (χ4n) is 1.33. The maximum absolute atomic E-state index is 10.9. The fourth-order valence-corrected chi connectivity index (χ4v) is 2.87. The molecule has 1 atom stereocenters. The minimum Gasteiger partial charge on any atom is -0.310 e. The Morgan fingerprint density at radius 2 is 2.18 bits per heavy atom. The van der Waals surface area contributed by atoms with Crippen molar-refractivity contribution in [2.45, 2.75) is 39.2 Å². The van der Waals surface area contributed by atoms with Gasteiger partial charge in [-0.2, -0.15) is 0 Å². The summed E-state index contributed by atoms with van der Waals surface area (Å²) in [6, 6.07) is 0. The van der Waals surface area contributed by atoms with E-state index in [-0.39, 0.29) is 5.41 Å². The molecule has 0 aliphatic heterocycles. The van der Waals surface area contributed by atoms with E-state index in [0.29, 0.717) is 0 Å². The molecule has 98 valence electrons. The van der Waals surface area contributed by atoms with E-state index in [4.69, 9.17) is 0 Å². The van der Waals surface area contributed by atoms with E-state index in [1.165, 1.54) is 0 Å². The van der Waals surface area contributed by atoms with Crippen LogP contribution in [0.25, 0.3) is 0 Å². The summed E-state index contributed by atoms with van der Waals surface area (Å²) in [5, 5.41) is 6.60. The monoisotopic (exact) mass is 274 g/mol. The van der Waals surface area contributed by atoms with Crippen LogP contribution in [0, 0.1) is 0 Å². The molecule has 1 aromatic heterocycles. The van der Waals surface area contributed by atoms with Crippen LogP contribution in [0.15, 0.2) is 5.38 Å². The lowest BCUT2D eigenvalue weighted by molar-refractivity contribution is 0.568. The van der Waals surface area contributed by atoms with Crippen LogP contribution in [-0.4, -0.2) is 27.7 Å². The lowest BCUT2D eigenvalue weighted by atomic mass is 9.93. The van der Waals surface area contributed by atoms with Gasteiger partial charge in [0.05, 0.1) is 5.69 Å². The molecule has 1 aromatic rings. The zero-order chi connectivity index (χ0) is 12.9. The largest absolute Gasteiger partial charge is 0.310 e. The second-order valence-corrected chi connectivity index (χ2v) is 7.68. The molecule has 0 aliphatic carbocycles. The molecular weight excluding hydrogens is 252 g/mol. The lowest BCUT2D eigenvalue weighted by Crippen LogP contribution is -2.17. The molecule has 0 amide bonds. The highest BCUT2D eigenvalue weighted by Crippen LogP contribution is 2.23. The highest BCUT2D eigenvalue weighted by molar-refractivity contribution is 7.84. The molecule has 1 N–H and O–H groups in total. The van der Waals surface area contributed by atoms with Crippen molar-refractivity contribution in [1.29, 1.82) is 0 Å². The Balaban J connectivity index is 2.28. The molecule has 0 fully saturated rings. The number of nitrogens with zero attached hydrogens (tertiary/aromatic N) is 1. The second-order valence-electron chi connectivity index (χ2n) is 5.18. The van der Waals surface area contributed by atoms with Crippen molar-refractivity contribution >= 4 is 22.1 Å². The van der Waals surface area contributed by atoms with Gasteiger partial charge in [-0.05, 0) is 13.0 Å². The van der Waals surface area contributed by atoms with E-state index >= 15 is 0 Å². The third-order valence-electron chi connectivity index (χ3n) is 2.38. The first-order chi connectivity index (χ1) is 7.89. The Morgan fingerprint density at radius 1 is 1.47 bits per heavy atom. The Labute approximate surface area is 111 Å². The number of hydrogen-bond acceptors (Lipinski definition) is 4. The zero-order valence-corrected chi connectivity index (χ0v) is 12.7. The lowest BCUT2D eigenvalue weighted by Gasteiger charge is -2.14. The van der Waals surface area contributed by atoms with E-state index < -0.39 is 10.8 Å². The summed E-state index contributed by atoms with van der Waals surface area (Å²) in [7, 11) is -0.674. The van der Waals surface area contributed by atoms with E-state index in [1.54, 1.807) is 17.6 Å². The van der Waals surface area contributed by atoms with Gasteiger partial charge in [-0.1, -0.05) is 20.8 Å². The highest BCUT2D eigenvalue weighted by atomic mass is 32.2. The maximum atomic E-state index is 10.9. The van der Waals surface area contributed by atoms with Gasteiger partial charge in [-0.25, -0.2) is 4.98 Å². The summed E-state index contributed by atoms with van der Waals surface area (Å²) < 4.78 is 10.9. The molecule has 1 rings (SSSR count). The van der Waals surface area contributed by atoms with Crippen molar-refractivity contribution < 1.29 is 4.21 Å². The number of rotatable bonds is 6. The van der Waals surface area contributed by atoms with E-state index in [9.17, 15) is 4.21 Å². The summed E-state index contributed by atoms with van der Waals surface area (Å²) in [6.07, 6.45) is 2.71. The first-order valence-corrected chi connectivity index (χ1v) is 8.46. The van der Waals surface area contributed by atoms with Gasteiger partial charge in [0, 0.05) is 40.1 Å². The molecule has 1 unspecified atom stereocenters. The highest BCUT2D eigenvalue weighted by Gasteiger charge is 2.16. The van der Waals surface area contributed by atoms with E-state index in [0.717, 1.165) is 36.0 Å². The van der Waals surface area contributed by atoms with Gasteiger partial charge >= 0.3 is 0 Å². The Bertz CT molecular complexity index is 369. The van der Waals surface area contributed by atoms with Crippen molar-refractivity contribution in [2.75, 3.05) is 18.6 Å². The molecule has 1 heterocycles. The zero-order valence-electron chi connectivity index (χ0n) is 11.1. The van der Waals surface area contributed by atoms with Gasteiger partial charge in [0.1, 0.15) is 5.01 Å². The van der Waals surface area contributed by atoms with Crippen LogP contribution in [0.3, 0.4) is 0 Å². The third-order valence-corrected chi connectivity index (χ3v) is 4.09. The van der Waals surface area contributed by atoms with Crippen LogP contribution >= 0.6 is 11.3 Å². The minimum absolute atomic E-state index is 0.133. The molecule has 0 radical (unpaired) electrons. The first kappa shape index (κ1) is 14.8. The fraction of sp³-hybridized carbons (Fsp3) is 0.750. The minimum atomic E-state index is -0.674. The van der Waals surface area contributed by atoms with Crippen LogP contribution < -0.4 is 5.32 Å². The van der Waals surface area contributed by atoms with E-state index in [1.807, 2.05) is 0 Å². The third kappa shape index (κ3) is 5.75. The summed E-state index contributed by atoms with van der Waals surface area (Å²) in [5.74, 6) is 0.776. The van der Waals surface area contributed by atoms with Gasteiger partial charge in [-0.3, -0.25) is 4.21 Å². The van der Waals surface area contributed by atoms with Gasteiger partial charge in [0.2, 0.25) is 0 Å². The average molecular weight is 274 g/mol. The van der Waals surface area contributed by atoms with Crippen molar-refractivity contribution in [2.24, 2.45) is 0 Å². The summed E-state index contributed by atoms with van der Waals surface area (Å²) in [6.45, 7) is 8.25. The average Bonchev–Trinajstić information content (AvgIpc) is 2.64. The topological polar surface area (TPSA) is 42.0 Å². The van der Waals surface area contributed by atoms with Gasteiger partial charge in [0.15, 0.2) is 0 Å². The molecule has 0 aromatic carbocycles. The van der Waals surface area contributed by atoms with Crippen LogP contribution in [0.1, 0.15) is 37.9 Å². The van der Waals surface area contributed by atoms with Gasteiger partial charge in [0.25, 0.3) is 0 Å². The molecule has 0 saturated heterocycles. The van der Waals surface area contributed by atoms with Crippen LogP contribution in [0.5, 0.6) is 0 Å². The summed E-state index contributed by atoms with van der Waals surface area (Å²) in [4.78, 5) is 4.61. The molecule has 0 spiro atoms. The smallest absolute Gasteiger partial charge is 0.107 e. The molecule has 3 nitrogen and oxygen atoms in total. The predicted molar refractivity (Wildman–Crippen MR) is 76.1 cm³/mol. The molecule has 5 heteroatoms. The normalized spacial score (nSPS) is 13.9. The number of thiazole rings is 1. The molecule has 0 saturated carbocycles. The second kappa shape index (κ2) is 6.61. The van der Waals surface area contributed by atoms with E-state index in [2.05, 4.69) is 36.5 Å². The Kier molecular flexibility index (Phi) is 5.76. The van der Waals surface area contributed by atoms with Gasteiger partial charge < -0.3 is 5.32 Å². The quantitative estimate of drug-likeness (QED) is 0.809. The standard InChI is InChI=1S/C12H22N2OS2/c1-12(2,3)10-9-16-11(14-10)8-13-6-5-7-17(4)15/h9,13H,5-8H2,1-4H3. The Hall–Kier alpha value is -0.260. The predicted octanol–water partition coefficient (Wildman–Crippen LogP) is 2.30. The van der Waals surface area contributed by atoms with Crippen LogP contribution in [-0.2, 0) is 22.8 Å². The molecular formula is C12H22N2OS2. The molecule has 0 bridgehead atoms. The number of hydrogen-bond donors (Lipinski definition) is 1. The van der Waals surface area contributed by atoms with Crippen LogP contribution in [0.4, 0.5) is 0 Å². The van der Waals surface area contributed by atoms with Crippen molar-refractivity contribution in [3.05, 3.63) is 16.1 Å². The van der Waals surface area contributed by atoms with Crippen molar-refractivity contribution in [3.8, 4) is 0 Å². The first-order valence-electron chi connectivity index (χ1n) is 5.85. The summed E-state index contributed by atoms with van der Waals surface area (Å²) >= 11 is 1.71. The Morgan fingerprint density at radius 3 is 2.71 bits per heavy atom. The summed E-state index contributed by atoms with van der Waals surface area (Å²) in [5.41, 5.74) is 1.29. The number of aromatic nitrogens is 1.